The summed E-state index contributed by atoms with van der Waals surface area (Å²) in [4.78, 5) is 42.9. The van der Waals surface area contributed by atoms with Gasteiger partial charge >= 0.3 is 5.97 Å². The molecule has 0 aliphatic heterocycles. The molecule has 0 radical (unpaired) electrons. The van der Waals surface area contributed by atoms with Gasteiger partial charge in [-0.25, -0.2) is 24.4 Å². The summed E-state index contributed by atoms with van der Waals surface area (Å²) in [5.41, 5.74) is 3.56. The molecule has 4 aromatic rings. The summed E-state index contributed by atoms with van der Waals surface area (Å²) in [7, 11) is 1.29. The smallest absolute Gasteiger partial charge is 0.328 e. The van der Waals surface area contributed by atoms with Gasteiger partial charge in [0.15, 0.2) is 0 Å². The first-order valence-corrected chi connectivity index (χ1v) is 12.2. The molecule has 0 saturated carbocycles. The number of nitrogens with one attached hydrogen (secondary N) is 2. The minimum absolute atomic E-state index is 0.224. The quantitative estimate of drug-likeness (QED) is 0.325. The fraction of sp³-hybridized carbons (Fsp3) is 0.333. The highest BCUT2D eigenvalue weighted by Crippen LogP contribution is 2.26. The summed E-state index contributed by atoms with van der Waals surface area (Å²) in [5.74, 6) is -0.563. The molecule has 0 fully saturated rings. The number of thiophene rings is 1. The van der Waals surface area contributed by atoms with Crippen LogP contribution in [0.5, 0.6) is 0 Å². The second-order valence-corrected chi connectivity index (χ2v) is 8.98. The standard InChI is InChI=1S/C24H27N7O3S/c1-4-5-7-19-17(22(32)29-18(23(33)34-3)10-16-12-25-14-27-16)13-28-31(19)24-26-11-15(2)21(30-24)20-8-6-9-35-20/h6,8-9,11-14,18H,4-5,7,10H2,1-3H3,(H,25,27)(H,29,32)/t18-/m1/s1. The van der Waals surface area contributed by atoms with Crippen molar-refractivity contribution in [1.29, 1.82) is 0 Å². The number of aryl methyl sites for hydroxylation is 1. The lowest BCUT2D eigenvalue weighted by Gasteiger charge is -2.16. The molecule has 4 rings (SSSR count). The number of rotatable bonds is 10. The van der Waals surface area contributed by atoms with Gasteiger partial charge in [-0.05, 0) is 36.8 Å². The molecular weight excluding hydrogens is 466 g/mol. The Morgan fingerprint density at radius 2 is 2.14 bits per heavy atom. The van der Waals surface area contributed by atoms with Crippen molar-refractivity contribution < 1.29 is 14.3 Å². The number of amides is 1. The molecule has 0 aromatic carbocycles. The Morgan fingerprint density at radius 3 is 2.83 bits per heavy atom. The topological polar surface area (TPSA) is 128 Å². The van der Waals surface area contributed by atoms with Gasteiger partial charge in [-0.1, -0.05) is 19.4 Å². The summed E-state index contributed by atoms with van der Waals surface area (Å²) in [6, 6.07) is 3.11. The van der Waals surface area contributed by atoms with Crippen molar-refractivity contribution in [3.05, 3.63) is 64.9 Å². The van der Waals surface area contributed by atoms with Gasteiger partial charge in [-0.15, -0.1) is 11.3 Å². The maximum atomic E-state index is 13.3. The van der Waals surface area contributed by atoms with Gasteiger partial charge in [0.1, 0.15) is 6.04 Å². The predicted molar refractivity (Wildman–Crippen MR) is 131 cm³/mol. The van der Waals surface area contributed by atoms with Gasteiger partial charge in [0, 0.05) is 24.5 Å². The first kappa shape index (κ1) is 24.3. The number of H-pyrrole nitrogens is 1. The molecule has 0 saturated heterocycles. The maximum Gasteiger partial charge on any atom is 0.328 e. The number of methoxy groups -OCH3 is 1. The van der Waals surface area contributed by atoms with Gasteiger partial charge < -0.3 is 15.0 Å². The zero-order valence-corrected chi connectivity index (χ0v) is 20.6. The van der Waals surface area contributed by atoms with Crippen molar-refractivity contribution in [2.75, 3.05) is 7.11 Å². The molecule has 0 aliphatic carbocycles. The van der Waals surface area contributed by atoms with Crippen molar-refractivity contribution in [1.82, 2.24) is 35.0 Å². The second-order valence-electron chi connectivity index (χ2n) is 8.03. The molecule has 0 spiro atoms. The fourth-order valence-electron chi connectivity index (χ4n) is 3.71. The number of carbonyl (C=O) groups excluding carboxylic acids is 2. The molecule has 0 bridgehead atoms. The summed E-state index contributed by atoms with van der Waals surface area (Å²) in [5, 5.41) is 9.26. The highest BCUT2D eigenvalue weighted by molar-refractivity contribution is 7.13. The van der Waals surface area contributed by atoms with E-state index in [1.165, 1.54) is 19.6 Å². The zero-order chi connectivity index (χ0) is 24.8. The van der Waals surface area contributed by atoms with E-state index >= 15 is 0 Å². The lowest BCUT2D eigenvalue weighted by Crippen LogP contribution is -2.43. The molecule has 182 valence electrons. The third-order valence-corrected chi connectivity index (χ3v) is 6.43. The van der Waals surface area contributed by atoms with Gasteiger partial charge in [-0.3, -0.25) is 4.79 Å². The van der Waals surface area contributed by atoms with E-state index in [-0.39, 0.29) is 6.42 Å². The first-order valence-electron chi connectivity index (χ1n) is 11.3. The zero-order valence-electron chi connectivity index (χ0n) is 19.8. The Kier molecular flexibility index (Phi) is 7.66. The van der Waals surface area contributed by atoms with Crippen LogP contribution in [0.2, 0.25) is 0 Å². The van der Waals surface area contributed by atoms with Gasteiger partial charge in [0.05, 0.1) is 41.5 Å². The molecule has 1 atom stereocenters. The number of aromatic nitrogens is 6. The molecule has 4 heterocycles. The highest BCUT2D eigenvalue weighted by Gasteiger charge is 2.26. The number of hydrogen-bond donors (Lipinski definition) is 2. The average Bonchev–Trinajstić information content (AvgIpc) is 3.64. The highest BCUT2D eigenvalue weighted by atomic mass is 32.1. The van der Waals surface area contributed by atoms with E-state index in [2.05, 4.69) is 32.3 Å². The largest absolute Gasteiger partial charge is 0.467 e. The minimum Gasteiger partial charge on any atom is -0.467 e. The third kappa shape index (κ3) is 5.46. The van der Waals surface area contributed by atoms with Crippen LogP contribution in [0.25, 0.3) is 16.5 Å². The average molecular weight is 494 g/mol. The number of nitrogens with zero attached hydrogens (tertiary/aromatic N) is 5. The summed E-state index contributed by atoms with van der Waals surface area (Å²) in [6.07, 6.45) is 9.00. The molecular formula is C24H27N7O3S. The number of imidazole rings is 1. The van der Waals surface area contributed by atoms with E-state index in [0.717, 1.165) is 29.0 Å². The minimum atomic E-state index is -0.878. The number of carbonyl (C=O) groups is 2. The van der Waals surface area contributed by atoms with E-state index in [1.54, 1.807) is 28.4 Å². The van der Waals surface area contributed by atoms with E-state index in [9.17, 15) is 9.59 Å². The Labute approximate surface area is 206 Å². The van der Waals surface area contributed by atoms with E-state index in [4.69, 9.17) is 9.72 Å². The van der Waals surface area contributed by atoms with Crippen LogP contribution in [0.3, 0.4) is 0 Å². The van der Waals surface area contributed by atoms with Crippen molar-refractivity contribution >= 4 is 23.2 Å². The summed E-state index contributed by atoms with van der Waals surface area (Å²) in [6.45, 7) is 4.04. The number of hydrogen-bond acceptors (Lipinski definition) is 8. The summed E-state index contributed by atoms with van der Waals surface area (Å²) >= 11 is 1.60. The predicted octanol–water partition coefficient (Wildman–Crippen LogP) is 3.28. The molecule has 0 unspecified atom stereocenters. The Bertz CT molecular complexity index is 1280. The molecule has 4 aromatic heterocycles. The van der Waals surface area contributed by atoms with Crippen LogP contribution < -0.4 is 5.32 Å². The number of esters is 1. The van der Waals surface area contributed by atoms with Crippen LogP contribution in [-0.2, 0) is 22.4 Å². The van der Waals surface area contributed by atoms with Crippen molar-refractivity contribution in [2.24, 2.45) is 0 Å². The summed E-state index contributed by atoms with van der Waals surface area (Å²) < 4.78 is 6.51. The maximum absolute atomic E-state index is 13.3. The molecule has 2 N–H and O–H groups in total. The molecule has 0 aliphatic rings. The van der Waals surface area contributed by atoms with Crippen LogP contribution in [0.1, 0.15) is 47.1 Å². The lowest BCUT2D eigenvalue weighted by molar-refractivity contribution is -0.142. The SMILES string of the molecule is CCCCc1c(C(=O)N[C@H](Cc2cnc[nH]2)C(=O)OC)cnn1-c1ncc(C)c(-c2cccs2)n1. The second kappa shape index (κ2) is 11.0. The normalized spacial score (nSPS) is 11.9. The molecule has 1 amide bonds. The van der Waals surface area contributed by atoms with Gasteiger partial charge in [0.25, 0.3) is 11.9 Å². The Morgan fingerprint density at radius 1 is 1.29 bits per heavy atom. The van der Waals surface area contributed by atoms with Crippen LogP contribution >= 0.6 is 11.3 Å². The third-order valence-electron chi connectivity index (χ3n) is 5.55. The lowest BCUT2D eigenvalue weighted by atomic mass is 10.1. The Hall–Kier alpha value is -3.86. The van der Waals surface area contributed by atoms with Crippen LogP contribution in [0, 0.1) is 6.92 Å². The van der Waals surface area contributed by atoms with Crippen molar-refractivity contribution in [2.45, 2.75) is 45.6 Å². The van der Waals surface area contributed by atoms with Crippen LogP contribution in [-0.4, -0.2) is 54.7 Å². The van der Waals surface area contributed by atoms with E-state index in [0.29, 0.717) is 29.3 Å². The number of aromatic amines is 1. The van der Waals surface area contributed by atoms with Gasteiger partial charge in [0.2, 0.25) is 0 Å². The van der Waals surface area contributed by atoms with E-state index < -0.39 is 17.9 Å². The molecule has 10 nitrogen and oxygen atoms in total. The Balaban J connectivity index is 1.66. The molecule has 35 heavy (non-hydrogen) atoms. The van der Waals surface area contributed by atoms with Crippen LogP contribution in [0.15, 0.2) is 42.4 Å². The number of unbranched alkanes of at least 4 members (excludes halogenated alkanes) is 1. The number of ether oxygens (including phenoxy) is 1. The van der Waals surface area contributed by atoms with Crippen LogP contribution in [0.4, 0.5) is 0 Å². The molecule has 11 heteroatoms. The first-order chi connectivity index (χ1) is 17.0. The van der Waals surface area contributed by atoms with Gasteiger partial charge in [-0.2, -0.15) is 5.10 Å². The van der Waals surface area contributed by atoms with E-state index in [1.807, 2.05) is 24.4 Å². The fourth-order valence-corrected chi connectivity index (χ4v) is 4.49. The van der Waals surface area contributed by atoms with Crippen molar-refractivity contribution in [3.63, 3.8) is 0 Å². The van der Waals surface area contributed by atoms with Crippen molar-refractivity contribution in [3.8, 4) is 16.5 Å². The monoisotopic (exact) mass is 493 g/mol.